The average Bonchev–Trinajstić information content (AvgIpc) is 2.32. The average molecular weight is 371 g/mol. The fraction of sp³-hybridized carbons (Fsp3) is 0. The molecule has 0 radical (unpaired) electrons. The third-order valence-electron chi connectivity index (χ3n) is 2.32. The smallest absolute Gasteiger partial charge is 0.0998 e. The molecule has 2 aromatic rings. The van der Waals surface area contributed by atoms with E-state index >= 15 is 0 Å². The molecule has 0 bridgehead atoms. The summed E-state index contributed by atoms with van der Waals surface area (Å²) in [6.45, 7) is 0. The molecule has 2 aromatic carbocycles. The Bertz CT molecular complexity index is 617. The van der Waals surface area contributed by atoms with Gasteiger partial charge in [-0.1, -0.05) is 43.5 Å². The van der Waals surface area contributed by atoms with Crippen molar-refractivity contribution in [3.05, 3.63) is 55.9 Å². The normalized spacial score (nSPS) is 10.0. The molecule has 0 unspecified atom stereocenters. The van der Waals surface area contributed by atoms with Gasteiger partial charge in [-0.05, 0) is 36.4 Å². The highest BCUT2D eigenvalue weighted by molar-refractivity contribution is 9.10. The summed E-state index contributed by atoms with van der Waals surface area (Å²) in [7, 11) is 0. The Hall–Kier alpha value is -0.820. The number of rotatable bonds is 1. The molecule has 0 saturated heterocycles. The van der Waals surface area contributed by atoms with Crippen molar-refractivity contribution in [3.8, 4) is 17.2 Å². The number of nitriles is 1. The molecule has 17 heavy (non-hydrogen) atoms. The molecule has 0 aromatic heterocycles. The van der Waals surface area contributed by atoms with E-state index in [0.717, 1.165) is 20.1 Å². The second kappa shape index (κ2) is 5.22. The van der Waals surface area contributed by atoms with Crippen LogP contribution in [-0.4, -0.2) is 0 Å². The van der Waals surface area contributed by atoms with Gasteiger partial charge in [-0.25, -0.2) is 0 Å². The predicted octanol–water partition coefficient (Wildman–Crippen LogP) is 5.40. The van der Waals surface area contributed by atoms with Crippen molar-refractivity contribution in [1.29, 1.82) is 5.26 Å². The van der Waals surface area contributed by atoms with Crippen molar-refractivity contribution in [2.24, 2.45) is 0 Å². The number of hydrogen-bond acceptors (Lipinski definition) is 1. The summed E-state index contributed by atoms with van der Waals surface area (Å²) in [5, 5.41) is 9.74. The standard InChI is InChI=1S/C13H6Br2ClN/c14-9-2-1-8(7-17)11(5-9)12-6-10(15)3-4-13(12)16/h1-6H. The fourth-order valence-electron chi connectivity index (χ4n) is 1.54. The molecule has 4 heteroatoms. The van der Waals surface area contributed by atoms with Crippen LogP contribution in [0.1, 0.15) is 5.56 Å². The maximum absolute atomic E-state index is 9.11. The molecule has 2 rings (SSSR count). The SMILES string of the molecule is N#Cc1ccc(Br)cc1-c1cc(Br)ccc1Cl. The van der Waals surface area contributed by atoms with Crippen LogP contribution in [0.15, 0.2) is 45.3 Å². The van der Waals surface area contributed by atoms with Gasteiger partial charge in [0.2, 0.25) is 0 Å². The van der Waals surface area contributed by atoms with Gasteiger partial charge in [0.15, 0.2) is 0 Å². The zero-order valence-corrected chi connectivity index (χ0v) is 12.5. The zero-order chi connectivity index (χ0) is 12.4. The number of halogens is 3. The topological polar surface area (TPSA) is 23.8 Å². The lowest BCUT2D eigenvalue weighted by molar-refractivity contribution is 1.47. The summed E-state index contributed by atoms with van der Waals surface area (Å²) in [6, 6.07) is 13.3. The Morgan fingerprint density at radius 2 is 1.53 bits per heavy atom. The van der Waals surface area contributed by atoms with Crippen molar-refractivity contribution in [2.75, 3.05) is 0 Å². The maximum atomic E-state index is 9.11. The third kappa shape index (κ3) is 2.71. The van der Waals surface area contributed by atoms with Crippen LogP contribution < -0.4 is 0 Å². The molecule has 0 aliphatic rings. The quantitative estimate of drug-likeness (QED) is 0.658. The largest absolute Gasteiger partial charge is 0.192 e. The Kier molecular flexibility index (Phi) is 3.88. The van der Waals surface area contributed by atoms with Crippen LogP contribution in [0.25, 0.3) is 11.1 Å². The minimum atomic E-state index is 0.605. The Labute approximate surface area is 121 Å². The highest BCUT2D eigenvalue weighted by Gasteiger charge is 2.09. The molecule has 0 N–H and O–H groups in total. The molecule has 0 atom stereocenters. The van der Waals surface area contributed by atoms with E-state index in [9.17, 15) is 0 Å². The molecule has 0 spiro atoms. The van der Waals surface area contributed by atoms with Crippen molar-refractivity contribution < 1.29 is 0 Å². The van der Waals surface area contributed by atoms with E-state index in [1.165, 1.54) is 0 Å². The Balaban J connectivity index is 2.72. The second-order valence-electron chi connectivity index (χ2n) is 3.43. The monoisotopic (exact) mass is 369 g/mol. The van der Waals surface area contributed by atoms with Gasteiger partial charge in [-0.15, -0.1) is 0 Å². The first-order valence-corrected chi connectivity index (χ1v) is 6.73. The van der Waals surface area contributed by atoms with Crippen LogP contribution in [0, 0.1) is 11.3 Å². The second-order valence-corrected chi connectivity index (χ2v) is 5.66. The van der Waals surface area contributed by atoms with Crippen LogP contribution in [-0.2, 0) is 0 Å². The highest BCUT2D eigenvalue weighted by Crippen LogP contribution is 2.34. The Morgan fingerprint density at radius 3 is 2.18 bits per heavy atom. The van der Waals surface area contributed by atoms with E-state index < -0.39 is 0 Å². The summed E-state index contributed by atoms with van der Waals surface area (Å²) in [4.78, 5) is 0. The van der Waals surface area contributed by atoms with Crippen LogP contribution in [0.5, 0.6) is 0 Å². The molecule has 1 nitrogen and oxygen atoms in total. The molecule has 84 valence electrons. The first-order valence-electron chi connectivity index (χ1n) is 4.77. The number of nitrogens with zero attached hydrogens (tertiary/aromatic N) is 1. The van der Waals surface area contributed by atoms with Crippen LogP contribution in [0.2, 0.25) is 5.02 Å². The van der Waals surface area contributed by atoms with E-state index in [1.54, 1.807) is 6.07 Å². The van der Waals surface area contributed by atoms with E-state index in [0.29, 0.717) is 10.6 Å². The summed E-state index contributed by atoms with van der Waals surface area (Å²) in [5.41, 5.74) is 2.28. The molecule has 0 amide bonds. The summed E-state index contributed by atoms with van der Waals surface area (Å²) in [6.07, 6.45) is 0. The zero-order valence-electron chi connectivity index (χ0n) is 8.55. The fourth-order valence-corrected chi connectivity index (χ4v) is 2.48. The lowest BCUT2D eigenvalue weighted by Crippen LogP contribution is -1.86. The molecule has 0 aliphatic carbocycles. The van der Waals surface area contributed by atoms with Gasteiger partial charge in [0.05, 0.1) is 11.6 Å². The molecule has 0 aliphatic heterocycles. The highest BCUT2D eigenvalue weighted by atomic mass is 79.9. The third-order valence-corrected chi connectivity index (χ3v) is 3.64. The predicted molar refractivity (Wildman–Crippen MR) is 77.0 cm³/mol. The minimum absolute atomic E-state index is 0.605. The van der Waals surface area contributed by atoms with E-state index in [1.807, 2.05) is 30.3 Å². The van der Waals surface area contributed by atoms with Gasteiger partial charge in [-0.3, -0.25) is 0 Å². The summed E-state index contributed by atoms with van der Waals surface area (Å²) in [5.74, 6) is 0. The van der Waals surface area contributed by atoms with Crippen molar-refractivity contribution in [3.63, 3.8) is 0 Å². The van der Waals surface area contributed by atoms with E-state index in [-0.39, 0.29) is 0 Å². The van der Waals surface area contributed by atoms with Crippen LogP contribution >= 0.6 is 43.5 Å². The van der Waals surface area contributed by atoms with Gasteiger partial charge >= 0.3 is 0 Å². The van der Waals surface area contributed by atoms with Gasteiger partial charge in [0.25, 0.3) is 0 Å². The number of benzene rings is 2. The van der Waals surface area contributed by atoms with Gasteiger partial charge < -0.3 is 0 Å². The van der Waals surface area contributed by atoms with Gasteiger partial charge in [0.1, 0.15) is 0 Å². The van der Waals surface area contributed by atoms with Gasteiger partial charge in [-0.2, -0.15) is 5.26 Å². The molecule has 0 saturated carbocycles. The lowest BCUT2D eigenvalue weighted by Gasteiger charge is -2.08. The molecule has 0 heterocycles. The Morgan fingerprint density at radius 1 is 0.941 bits per heavy atom. The summed E-state index contributed by atoms with van der Waals surface area (Å²) >= 11 is 13.0. The lowest BCUT2D eigenvalue weighted by atomic mass is 10.0. The van der Waals surface area contributed by atoms with E-state index in [4.69, 9.17) is 16.9 Å². The van der Waals surface area contributed by atoms with Crippen molar-refractivity contribution in [2.45, 2.75) is 0 Å². The molecular formula is C13H6Br2ClN. The van der Waals surface area contributed by atoms with Crippen molar-refractivity contribution in [1.82, 2.24) is 0 Å². The van der Waals surface area contributed by atoms with Gasteiger partial charge in [0, 0.05) is 25.1 Å². The van der Waals surface area contributed by atoms with Crippen molar-refractivity contribution >= 4 is 43.5 Å². The minimum Gasteiger partial charge on any atom is -0.192 e. The number of hydrogen-bond donors (Lipinski definition) is 0. The molecule has 0 fully saturated rings. The van der Waals surface area contributed by atoms with Crippen LogP contribution in [0.3, 0.4) is 0 Å². The molecular weight excluding hydrogens is 365 g/mol. The maximum Gasteiger partial charge on any atom is 0.0998 e. The first-order chi connectivity index (χ1) is 8.11. The van der Waals surface area contributed by atoms with E-state index in [2.05, 4.69) is 37.9 Å². The summed E-state index contributed by atoms with van der Waals surface area (Å²) < 4.78 is 1.85. The van der Waals surface area contributed by atoms with Crippen LogP contribution in [0.4, 0.5) is 0 Å². The first kappa shape index (κ1) is 12.6.